The molecule has 1 aliphatic heterocycles. The van der Waals surface area contributed by atoms with E-state index in [0.29, 0.717) is 18.8 Å². The summed E-state index contributed by atoms with van der Waals surface area (Å²) in [5, 5.41) is 0. The van der Waals surface area contributed by atoms with Gasteiger partial charge in [-0.3, -0.25) is 0 Å². The third-order valence-electron chi connectivity index (χ3n) is 3.73. The van der Waals surface area contributed by atoms with E-state index in [9.17, 15) is 0 Å². The first kappa shape index (κ1) is 13.2. The molecule has 2 nitrogen and oxygen atoms in total. The minimum Gasteiger partial charge on any atom is -0.489 e. The Balaban J connectivity index is 1.48. The molecule has 2 heteroatoms. The molecule has 0 amide bonds. The number of rotatable bonds is 6. The van der Waals surface area contributed by atoms with Crippen molar-refractivity contribution in [2.75, 3.05) is 0 Å². The molecule has 0 aromatic heterocycles. The highest BCUT2D eigenvalue weighted by atomic mass is 16.6. The molecule has 1 saturated heterocycles. The lowest BCUT2D eigenvalue weighted by molar-refractivity contribution is 0.306. The van der Waals surface area contributed by atoms with Gasteiger partial charge < -0.3 is 9.47 Å². The van der Waals surface area contributed by atoms with Crippen molar-refractivity contribution in [2.45, 2.75) is 38.6 Å². The molecule has 0 saturated carbocycles. The van der Waals surface area contributed by atoms with Crippen LogP contribution in [0.25, 0.3) is 0 Å². The Kier molecular flexibility index (Phi) is 4.03. The summed E-state index contributed by atoms with van der Waals surface area (Å²) in [5.41, 5.74) is 2.54. The van der Waals surface area contributed by atoms with E-state index < -0.39 is 0 Å². The first-order chi connectivity index (χ1) is 9.81. The van der Waals surface area contributed by atoms with Crippen LogP contribution in [0.1, 0.15) is 24.5 Å². The third kappa shape index (κ3) is 3.61. The summed E-state index contributed by atoms with van der Waals surface area (Å²) >= 11 is 0. The largest absolute Gasteiger partial charge is 0.489 e. The van der Waals surface area contributed by atoms with Gasteiger partial charge in [-0.25, -0.2) is 0 Å². The van der Waals surface area contributed by atoms with Crippen molar-refractivity contribution in [3.8, 4) is 5.75 Å². The van der Waals surface area contributed by atoms with Crippen molar-refractivity contribution in [1.82, 2.24) is 0 Å². The van der Waals surface area contributed by atoms with E-state index in [4.69, 9.17) is 9.47 Å². The molecule has 0 spiro atoms. The number of hydrogen-bond acceptors (Lipinski definition) is 2. The zero-order valence-corrected chi connectivity index (χ0v) is 11.8. The van der Waals surface area contributed by atoms with Gasteiger partial charge in [0.1, 0.15) is 12.4 Å². The van der Waals surface area contributed by atoms with Gasteiger partial charge in [-0.05, 0) is 43.0 Å². The summed E-state index contributed by atoms with van der Waals surface area (Å²) in [6.07, 6.45) is 3.13. The van der Waals surface area contributed by atoms with E-state index in [1.807, 2.05) is 18.2 Å². The van der Waals surface area contributed by atoms with Crippen LogP contribution in [0.5, 0.6) is 5.75 Å². The highest BCUT2D eigenvalue weighted by molar-refractivity contribution is 5.28. The van der Waals surface area contributed by atoms with Crippen molar-refractivity contribution in [3.63, 3.8) is 0 Å². The van der Waals surface area contributed by atoms with Gasteiger partial charge >= 0.3 is 0 Å². The SMILES string of the molecule is CC1OC1CCc1ccc(OCc2ccccc2)cc1. The van der Waals surface area contributed by atoms with Gasteiger partial charge in [0.2, 0.25) is 0 Å². The van der Waals surface area contributed by atoms with E-state index in [2.05, 4.69) is 43.3 Å². The summed E-state index contributed by atoms with van der Waals surface area (Å²) in [7, 11) is 0. The molecule has 1 fully saturated rings. The molecule has 20 heavy (non-hydrogen) atoms. The lowest BCUT2D eigenvalue weighted by atomic mass is 10.1. The summed E-state index contributed by atoms with van der Waals surface area (Å²) < 4.78 is 11.2. The molecular weight excluding hydrogens is 248 g/mol. The maximum Gasteiger partial charge on any atom is 0.119 e. The molecule has 0 aliphatic carbocycles. The van der Waals surface area contributed by atoms with Crippen LogP contribution in [0.4, 0.5) is 0 Å². The Labute approximate surface area is 120 Å². The number of ether oxygens (including phenoxy) is 2. The number of epoxide rings is 1. The van der Waals surface area contributed by atoms with Crippen molar-refractivity contribution < 1.29 is 9.47 Å². The molecule has 0 bridgehead atoms. The average Bonchev–Trinajstić information content (AvgIpc) is 3.21. The van der Waals surface area contributed by atoms with E-state index in [1.54, 1.807) is 0 Å². The number of aryl methyl sites for hydroxylation is 1. The van der Waals surface area contributed by atoms with Crippen LogP contribution in [-0.2, 0) is 17.8 Å². The van der Waals surface area contributed by atoms with Crippen LogP contribution in [0, 0.1) is 0 Å². The quantitative estimate of drug-likeness (QED) is 0.739. The predicted octanol–water partition coefficient (Wildman–Crippen LogP) is 3.99. The van der Waals surface area contributed by atoms with Crippen molar-refractivity contribution >= 4 is 0 Å². The van der Waals surface area contributed by atoms with Crippen LogP contribution >= 0.6 is 0 Å². The molecule has 1 heterocycles. The maximum atomic E-state index is 5.78. The van der Waals surface area contributed by atoms with Gasteiger partial charge in [0.25, 0.3) is 0 Å². The van der Waals surface area contributed by atoms with Gasteiger partial charge in [0.15, 0.2) is 0 Å². The Bertz CT molecular complexity index is 533. The first-order valence-corrected chi connectivity index (χ1v) is 7.22. The first-order valence-electron chi connectivity index (χ1n) is 7.22. The number of hydrogen-bond donors (Lipinski definition) is 0. The predicted molar refractivity (Wildman–Crippen MR) is 79.9 cm³/mol. The van der Waals surface area contributed by atoms with Gasteiger partial charge in [-0.1, -0.05) is 42.5 Å². The van der Waals surface area contributed by atoms with Crippen LogP contribution in [0.15, 0.2) is 54.6 Å². The number of benzene rings is 2. The minimum atomic E-state index is 0.462. The van der Waals surface area contributed by atoms with Gasteiger partial charge in [0, 0.05) is 0 Å². The molecular formula is C18H20O2. The van der Waals surface area contributed by atoms with E-state index in [0.717, 1.165) is 18.6 Å². The monoisotopic (exact) mass is 268 g/mol. The van der Waals surface area contributed by atoms with Crippen molar-refractivity contribution in [3.05, 3.63) is 65.7 Å². The second-order valence-electron chi connectivity index (χ2n) is 5.34. The van der Waals surface area contributed by atoms with Crippen LogP contribution < -0.4 is 4.74 Å². The average molecular weight is 268 g/mol. The maximum absolute atomic E-state index is 5.78. The molecule has 2 aromatic rings. The fourth-order valence-corrected chi connectivity index (χ4v) is 2.34. The smallest absolute Gasteiger partial charge is 0.119 e. The Morgan fingerprint density at radius 1 is 0.950 bits per heavy atom. The second kappa shape index (κ2) is 6.10. The highest BCUT2D eigenvalue weighted by Crippen LogP contribution is 2.26. The van der Waals surface area contributed by atoms with Crippen LogP contribution in [0.3, 0.4) is 0 Å². The standard InChI is InChI=1S/C18H20O2/c1-14-18(20-14)12-9-15-7-10-17(11-8-15)19-13-16-5-3-2-4-6-16/h2-8,10-11,14,18H,9,12-13H2,1H3. The highest BCUT2D eigenvalue weighted by Gasteiger charge is 2.33. The lowest BCUT2D eigenvalue weighted by Gasteiger charge is -2.07. The third-order valence-corrected chi connectivity index (χ3v) is 3.73. The molecule has 3 rings (SSSR count). The summed E-state index contributed by atoms with van der Waals surface area (Å²) in [6.45, 7) is 2.75. The molecule has 104 valence electrons. The van der Waals surface area contributed by atoms with Crippen LogP contribution in [0.2, 0.25) is 0 Å². The van der Waals surface area contributed by atoms with E-state index in [1.165, 1.54) is 11.1 Å². The molecule has 1 aliphatic rings. The Morgan fingerprint density at radius 3 is 2.30 bits per heavy atom. The van der Waals surface area contributed by atoms with Crippen molar-refractivity contribution in [2.24, 2.45) is 0 Å². The molecule has 0 N–H and O–H groups in total. The van der Waals surface area contributed by atoms with Gasteiger partial charge in [-0.2, -0.15) is 0 Å². The molecule has 2 unspecified atom stereocenters. The summed E-state index contributed by atoms with van der Waals surface area (Å²) in [5.74, 6) is 0.925. The zero-order valence-electron chi connectivity index (χ0n) is 11.8. The Morgan fingerprint density at radius 2 is 1.65 bits per heavy atom. The second-order valence-corrected chi connectivity index (χ2v) is 5.34. The fourth-order valence-electron chi connectivity index (χ4n) is 2.34. The van der Waals surface area contributed by atoms with Crippen LogP contribution in [-0.4, -0.2) is 12.2 Å². The zero-order chi connectivity index (χ0) is 13.8. The minimum absolute atomic E-state index is 0.462. The molecule has 2 atom stereocenters. The summed E-state index contributed by atoms with van der Waals surface area (Å²) in [4.78, 5) is 0. The van der Waals surface area contributed by atoms with Crippen molar-refractivity contribution in [1.29, 1.82) is 0 Å². The van der Waals surface area contributed by atoms with E-state index in [-0.39, 0.29) is 0 Å². The van der Waals surface area contributed by atoms with Gasteiger partial charge in [-0.15, -0.1) is 0 Å². The Hall–Kier alpha value is -1.80. The summed E-state index contributed by atoms with van der Waals surface area (Å²) in [6, 6.07) is 18.6. The molecule has 2 aromatic carbocycles. The normalized spacial score (nSPS) is 20.6. The lowest BCUT2D eigenvalue weighted by Crippen LogP contribution is -1.96. The molecule has 0 radical (unpaired) electrons. The van der Waals surface area contributed by atoms with Gasteiger partial charge in [0.05, 0.1) is 12.2 Å². The fraction of sp³-hybridized carbons (Fsp3) is 0.333. The van der Waals surface area contributed by atoms with E-state index >= 15 is 0 Å². The topological polar surface area (TPSA) is 21.8 Å².